The second-order valence-corrected chi connectivity index (χ2v) is 6.20. The van der Waals surface area contributed by atoms with E-state index < -0.39 is 5.54 Å². The number of thiophene rings is 1. The molecule has 2 heterocycles. The predicted octanol–water partition coefficient (Wildman–Crippen LogP) is 2.26. The molecule has 112 valence electrons. The fourth-order valence-electron chi connectivity index (χ4n) is 2.64. The number of nitrogens with one attached hydrogen (secondary N) is 1. The van der Waals surface area contributed by atoms with Crippen LogP contribution in [0.4, 0.5) is 0 Å². The summed E-state index contributed by atoms with van der Waals surface area (Å²) in [7, 11) is 0. The van der Waals surface area contributed by atoms with E-state index in [9.17, 15) is 4.79 Å². The first kappa shape index (κ1) is 15.5. The van der Waals surface area contributed by atoms with Crippen LogP contribution in [0.3, 0.4) is 0 Å². The smallest absolute Gasteiger partial charge is 0.326 e. The molecule has 0 saturated carbocycles. The number of hydrogen-bond donors (Lipinski definition) is 1. The van der Waals surface area contributed by atoms with Crippen molar-refractivity contribution in [3.63, 3.8) is 0 Å². The molecule has 0 bridgehead atoms. The molecule has 1 saturated heterocycles. The zero-order valence-corrected chi connectivity index (χ0v) is 13.2. The van der Waals surface area contributed by atoms with Gasteiger partial charge < -0.3 is 9.64 Å². The van der Waals surface area contributed by atoms with Gasteiger partial charge in [-0.15, -0.1) is 11.3 Å². The summed E-state index contributed by atoms with van der Waals surface area (Å²) < 4.78 is 5.31. The Labute approximate surface area is 125 Å². The molecular weight excluding hydrogens is 272 g/mol. The van der Waals surface area contributed by atoms with Crippen LogP contribution in [0.15, 0.2) is 17.5 Å². The summed E-state index contributed by atoms with van der Waals surface area (Å²) in [5.41, 5.74) is -0.508. The third-order valence-electron chi connectivity index (χ3n) is 4.00. The van der Waals surface area contributed by atoms with Gasteiger partial charge in [-0.2, -0.15) is 0 Å². The highest BCUT2D eigenvalue weighted by molar-refractivity contribution is 7.09. The largest absolute Gasteiger partial charge is 0.465 e. The zero-order chi connectivity index (χ0) is 14.4. The molecule has 1 aromatic heterocycles. The Morgan fingerprint density at radius 3 is 2.75 bits per heavy atom. The third kappa shape index (κ3) is 3.59. The number of ether oxygens (including phenoxy) is 1. The van der Waals surface area contributed by atoms with Crippen LogP contribution in [0.2, 0.25) is 0 Å². The molecule has 0 atom stereocenters. The fourth-order valence-corrected chi connectivity index (χ4v) is 3.29. The normalized spacial score (nSPS) is 18.9. The van der Waals surface area contributed by atoms with Crippen molar-refractivity contribution in [1.82, 2.24) is 10.2 Å². The van der Waals surface area contributed by atoms with Gasteiger partial charge in [0.2, 0.25) is 0 Å². The van der Waals surface area contributed by atoms with Gasteiger partial charge in [-0.05, 0) is 37.8 Å². The van der Waals surface area contributed by atoms with Gasteiger partial charge in [0.15, 0.2) is 0 Å². The summed E-state index contributed by atoms with van der Waals surface area (Å²) >= 11 is 1.72. The minimum Gasteiger partial charge on any atom is -0.465 e. The van der Waals surface area contributed by atoms with E-state index in [4.69, 9.17) is 4.74 Å². The Balaban J connectivity index is 2.02. The maximum atomic E-state index is 12.4. The maximum absolute atomic E-state index is 12.4. The van der Waals surface area contributed by atoms with Crippen molar-refractivity contribution in [2.45, 2.75) is 38.8 Å². The molecule has 4 nitrogen and oxygen atoms in total. The van der Waals surface area contributed by atoms with Gasteiger partial charge in [-0.25, -0.2) is 0 Å². The summed E-state index contributed by atoms with van der Waals surface area (Å²) in [6.07, 6.45) is 1.65. The highest BCUT2D eigenvalue weighted by Gasteiger charge is 2.42. The first-order valence-corrected chi connectivity index (χ1v) is 8.25. The van der Waals surface area contributed by atoms with Crippen molar-refractivity contribution >= 4 is 17.3 Å². The molecule has 0 aromatic carbocycles. The Bertz CT molecular complexity index is 412. The van der Waals surface area contributed by atoms with Crippen LogP contribution < -0.4 is 5.32 Å². The monoisotopic (exact) mass is 296 g/mol. The summed E-state index contributed by atoms with van der Waals surface area (Å²) in [6.45, 7) is 8.16. The highest BCUT2D eigenvalue weighted by Crippen LogP contribution is 2.25. The van der Waals surface area contributed by atoms with E-state index in [0.717, 1.165) is 39.0 Å². The molecule has 0 amide bonds. The van der Waals surface area contributed by atoms with E-state index in [0.29, 0.717) is 6.61 Å². The van der Waals surface area contributed by atoms with Crippen LogP contribution in [0.1, 0.15) is 31.6 Å². The second-order valence-electron chi connectivity index (χ2n) is 5.17. The van der Waals surface area contributed by atoms with Crippen LogP contribution >= 0.6 is 11.3 Å². The van der Waals surface area contributed by atoms with Crippen molar-refractivity contribution in [3.05, 3.63) is 22.4 Å². The molecule has 1 fully saturated rings. The number of carbonyl (C=O) groups is 1. The van der Waals surface area contributed by atoms with E-state index in [-0.39, 0.29) is 5.97 Å². The Hall–Kier alpha value is -0.910. The van der Waals surface area contributed by atoms with E-state index >= 15 is 0 Å². The lowest BCUT2D eigenvalue weighted by atomic mass is 9.87. The fraction of sp³-hybridized carbons (Fsp3) is 0.667. The van der Waals surface area contributed by atoms with Crippen molar-refractivity contribution in [2.24, 2.45) is 0 Å². The molecule has 20 heavy (non-hydrogen) atoms. The van der Waals surface area contributed by atoms with E-state index in [2.05, 4.69) is 28.6 Å². The number of likely N-dealkylation sites (tertiary alicyclic amines) is 1. The second kappa shape index (κ2) is 7.20. The lowest BCUT2D eigenvalue weighted by molar-refractivity contribution is -0.153. The molecule has 0 unspecified atom stereocenters. The summed E-state index contributed by atoms with van der Waals surface area (Å²) in [6, 6.07) is 4.14. The Morgan fingerprint density at radius 1 is 1.45 bits per heavy atom. The van der Waals surface area contributed by atoms with Gasteiger partial charge in [0.1, 0.15) is 5.54 Å². The molecule has 1 N–H and O–H groups in total. The molecule has 2 rings (SSSR count). The minimum atomic E-state index is -0.508. The molecular formula is C15H24N2O2S. The number of hydrogen-bond acceptors (Lipinski definition) is 5. The van der Waals surface area contributed by atoms with E-state index in [1.807, 2.05) is 13.0 Å². The van der Waals surface area contributed by atoms with Gasteiger partial charge in [-0.1, -0.05) is 13.0 Å². The standard InChI is InChI=1S/C15H24N2O2S/c1-3-17-9-7-15(8-10-17,14(18)19-4-2)16-12-13-6-5-11-20-13/h5-6,11,16H,3-4,7-10,12H2,1-2H3. The van der Waals surface area contributed by atoms with Gasteiger partial charge in [0.25, 0.3) is 0 Å². The van der Waals surface area contributed by atoms with Crippen molar-refractivity contribution < 1.29 is 9.53 Å². The van der Waals surface area contributed by atoms with E-state index in [1.165, 1.54) is 4.88 Å². The molecule has 1 aliphatic rings. The summed E-state index contributed by atoms with van der Waals surface area (Å²) in [4.78, 5) is 16.0. The lowest BCUT2D eigenvalue weighted by Crippen LogP contribution is -2.58. The first-order valence-electron chi connectivity index (χ1n) is 7.37. The number of piperidine rings is 1. The quantitative estimate of drug-likeness (QED) is 0.818. The van der Waals surface area contributed by atoms with E-state index in [1.54, 1.807) is 11.3 Å². The summed E-state index contributed by atoms with van der Waals surface area (Å²) in [5.74, 6) is -0.0905. The van der Waals surface area contributed by atoms with Gasteiger partial charge in [0.05, 0.1) is 6.61 Å². The summed E-state index contributed by atoms with van der Waals surface area (Å²) in [5, 5.41) is 5.54. The lowest BCUT2D eigenvalue weighted by Gasteiger charge is -2.40. The highest BCUT2D eigenvalue weighted by atomic mass is 32.1. The zero-order valence-electron chi connectivity index (χ0n) is 12.4. The van der Waals surface area contributed by atoms with Crippen molar-refractivity contribution in [2.75, 3.05) is 26.2 Å². The molecule has 0 spiro atoms. The third-order valence-corrected chi connectivity index (χ3v) is 4.88. The van der Waals surface area contributed by atoms with Crippen molar-refractivity contribution in [3.8, 4) is 0 Å². The molecule has 5 heteroatoms. The number of rotatable bonds is 6. The van der Waals surface area contributed by atoms with Gasteiger partial charge >= 0.3 is 5.97 Å². The maximum Gasteiger partial charge on any atom is 0.326 e. The number of carbonyl (C=O) groups excluding carboxylic acids is 1. The molecule has 1 aliphatic heterocycles. The molecule has 1 aromatic rings. The Morgan fingerprint density at radius 2 is 2.20 bits per heavy atom. The van der Waals surface area contributed by atoms with Crippen LogP contribution in [0.5, 0.6) is 0 Å². The average Bonchev–Trinajstić information content (AvgIpc) is 2.99. The first-order chi connectivity index (χ1) is 9.70. The number of esters is 1. The molecule has 0 radical (unpaired) electrons. The Kier molecular flexibility index (Phi) is 5.57. The van der Waals surface area contributed by atoms with Gasteiger partial charge in [0, 0.05) is 24.5 Å². The van der Waals surface area contributed by atoms with Crippen LogP contribution in [-0.2, 0) is 16.1 Å². The SMILES string of the molecule is CCOC(=O)C1(NCc2cccs2)CCN(CC)CC1. The van der Waals surface area contributed by atoms with Gasteiger partial charge in [-0.3, -0.25) is 10.1 Å². The minimum absolute atomic E-state index is 0.0905. The van der Waals surface area contributed by atoms with Crippen molar-refractivity contribution in [1.29, 1.82) is 0 Å². The van der Waals surface area contributed by atoms with Crippen LogP contribution in [0.25, 0.3) is 0 Å². The van der Waals surface area contributed by atoms with Crippen LogP contribution in [0, 0.1) is 0 Å². The van der Waals surface area contributed by atoms with Crippen LogP contribution in [-0.4, -0.2) is 42.6 Å². The predicted molar refractivity (Wildman–Crippen MR) is 81.9 cm³/mol. The average molecular weight is 296 g/mol. The number of nitrogens with zero attached hydrogens (tertiary/aromatic N) is 1. The topological polar surface area (TPSA) is 41.6 Å². The molecule has 0 aliphatic carbocycles.